The Morgan fingerprint density at radius 1 is 1.50 bits per heavy atom. The summed E-state index contributed by atoms with van der Waals surface area (Å²) in [6.45, 7) is 6.08. The van der Waals surface area contributed by atoms with Crippen molar-refractivity contribution in [3.63, 3.8) is 0 Å². The number of aryl methyl sites for hydroxylation is 1. The first-order valence-electron chi connectivity index (χ1n) is 5.54. The summed E-state index contributed by atoms with van der Waals surface area (Å²) in [5, 5.41) is 9.17. The van der Waals surface area contributed by atoms with Gasteiger partial charge in [-0.3, -0.25) is 0 Å². The van der Waals surface area contributed by atoms with Crippen molar-refractivity contribution in [2.24, 2.45) is 0 Å². The largest absolute Gasteiger partial charge is 0.478 e. The van der Waals surface area contributed by atoms with Crippen LogP contribution in [0.5, 0.6) is 0 Å². The Bertz CT molecular complexity index is 388. The fourth-order valence-corrected chi connectivity index (χ4v) is 1.64. The van der Waals surface area contributed by atoms with Gasteiger partial charge in [0.15, 0.2) is 0 Å². The Balaban J connectivity index is 3.17. The maximum absolute atomic E-state index is 11.2. The molecule has 1 aromatic carbocycles. The van der Waals surface area contributed by atoms with Crippen molar-refractivity contribution >= 4 is 11.7 Å². The van der Waals surface area contributed by atoms with Gasteiger partial charge >= 0.3 is 5.97 Å². The Labute approximate surface area is 96.7 Å². The van der Waals surface area contributed by atoms with E-state index in [-0.39, 0.29) is 0 Å². The van der Waals surface area contributed by atoms with Crippen LogP contribution in [-0.4, -0.2) is 24.2 Å². The summed E-state index contributed by atoms with van der Waals surface area (Å²) in [6, 6.07) is 5.88. The molecule has 1 rings (SSSR count). The molecule has 1 N–H and O–H groups in total. The highest BCUT2D eigenvalue weighted by Crippen LogP contribution is 2.23. The number of benzene rings is 1. The maximum atomic E-state index is 11.2. The highest BCUT2D eigenvalue weighted by atomic mass is 16.4. The minimum absolute atomic E-state index is 0.334. The average Bonchev–Trinajstić information content (AvgIpc) is 2.26. The van der Waals surface area contributed by atoms with Gasteiger partial charge in [-0.2, -0.15) is 0 Å². The second kappa shape index (κ2) is 5.01. The molecule has 0 aliphatic rings. The molecule has 0 heterocycles. The maximum Gasteiger partial charge on any atom is 0.337 e. The van der Waals surface area contributed by atoms with Gasteiger partial charge in [0.25, 0.3) is 0 Å². The van der Waals surface area contributed by atoms with E-state index in [9.17, 15) is 4.79 Å². The number of hydrogen-bond acceptors (Lipinski definition) is 2. The minimum atomic E-state index is -0.867. The van der Waals surface area contributed by atoms with Crippen LogP contribution in [0.3, 0.4) is 0 Å². The Hall–Kier alpha value is -1.51. The van der Waals surface area contributed by atoms with E-state index in [1.54, 1.807) is 6.07 Å². The summed E-state index contributed by atoms with van der Waals surface area (Å²) < 4.78 is 0. The van der Waals surface area contributed by atoms with Crippen LogP contribution in [0.25, 0.3) is 0 Å². The molecule has 0 radical (unpaired) electrons. The number of carbonyl (C=O) groups is 1. The summed E-state index contributed by atoms with van der Waals surface area (Å²) in [5.74, 6) is -0.867. The van der Waals surface area contributed by atoms with E-state index in [1.807, 2.05) is 31.0 Å². The zero-order valence-electron chi connectivity index (χ0n) is 10.3. The Morgan fingerprint density at radius 2 is 2.12 bits per heavy atom. The third-order valence-electron chi connectivity index (χ3n) is 3.01. The van der Waals surface area contributed by atoms with Crippen LogP contribution in [0.4, 0.5) is 5.69 Å². The van der Waals surface area contributed by atoms with E-state index in [2.05, 4.69) is 13.8 Å². The number of carboxylic acid groups (broad SMARTS) is 1. The normalized spacial score (nSPS) is 12.2. The topological polar surface area (TPSA) is 40.5 Å². The predicted molar refractivity (Wildman–Crippen MR) is 66.3 cm³/mol. The van der Waals surface area contributed by atoms with Gasteiger partial charge in [-0.25, -0.2) is 4.79 Å². The third kappa shape index (κ3) is 2.54. The highest BCUT2D eigenvalue weighted by Gasteiger charge is 2.16. The lowest BCUT2D eigenvalue weighted by Crippen LogP contribution is -2.29. The van der Waals surface area contributed by atoms with Crippen molar-refractivity contribution in [1.82, 2.24) is 0 Å². The predicted octanol–water partition coefficient (Wildman–Crippen LogP) is 2.93. The molecule has 0 aliphatic carbocycles. The van der Waals surface area contributed by atoms with E-state index >= 15 is 0 Å². The fourth-order valence-electron chi connectivity index (χ4n) is 1.64. The Morgan fingerprint density at radius 3 is 2.62 bits per heavy atom. The van der Waals surface area contributed by atoms with Crippen LogP contribution < -0.4 is 4.90 Å². The van der Waals surface area contributed by atoms with Gasteiger partial charge in [0.2, 0.25) is 0 Å². The highest BCUT2D eigenvalue weighted by molar-refractivity contribution is 5.94. The molecule has 0 amide bonds. The molecule has 0 saturated heterocycles. The average molecular weight is 221 g/mol. The van der Waals surface area contributed by atoms with E-state index < -0.39 is 5.97 Å². The molecule has 1 aromatic rings. The van der Waals surface area contributed by atoms with Crippen LogP contribution in [0.15, 0.2) is 18.2 Å². The van der Waals surface area contributed by atoms with Gasteiger partial charge < -0.3 is 10.0 Å². The summed E-state index contributed by atoms with van der Waals surface area (Å²) in [4.78, 5) is 13.2. The number of carboxylic acids is 1. The molecule has 0 fully saturated rings. The van der Waals surface area contributed by atoms with Crippen molar-refractivity contribution in [3.8, 4) is 0 Å². The van der Waals surface area contributed by atoms with Crippen molar-refractivity contribution in [1.29, 1.82) is 0 Å². The molecule has 0 bridgehead atoms. The minimum Gasteiger partial charge on any atom is -0.478 e. The zero-order chi connectivity index (χ0) is 12.3. The first kappa shape index (κ1) is 12.6. The lowest BCUT2D eigenvalue weighted by Gasteiger charge is -2.27. The molecular weight excluding hydrogens is 202 g/mol. The second-order valence-electron chi connectivity index (χ2n) is 4.19. The van der Waals surface area contributed by atoms with Crippen molar-refractivity contribution in [2.75, 3.05) is 11.9 Å². The number of hydrogen-bond donors (Lipinski definition) is 1. The quantitative estimate of drug-likeness (QED) is 0.849. The van der Waals surface area contributed by atoms with Gasteiger partial charge in [-0.15, -0.1) is 0 Å². The Kier molecular flexibility index (Phi) is 3.93. The monoisotopic (exact) mass is 221 g/mol. The van der Waals surface area contributed by atoms with Crippen molar-refractivity contribution in [2.45, 2.75) is 33.2 Å². The summed E-state index contributed by atoms with van der Waals surface area (Å²) >= 11 is 0. The molecule has 88 valence electrons. The first-order valence-corrected chi connectivity index (χ1v) is 5.54. The van der Waals surface area contributed by atoms with Crippen LogP contribution in [0, 0.1) is 6.92 Å². The lowest BCUT2D eigenvalue weighted by molar-refractivity contribution is 0.0697. The van der Waals surface area contributed by atoms with Gasteiger partial charge in [0.05, 0.1) is 11.3 Å². The summed E-state index contributed by atoms with van der Waals surface area (Å²) in [6.07, 6.45) is 0.990. The molecule has 0 saturated carbocycles. The summed E-state index contributed by atoms with van der Waals surface area (Å²) in [5.41, 5.74) is 2.13. The molecule has 3 heteroatoms. The number of nitrogens with zero attached hydrogens (tertiary/aromatic N) is 1. The van der Waals surface area contributed by atoms with Crippen LogP contribution in [0.1, 0.15) is 36.2 Å². The number of rotatable bonds is 4. The number of anilines is 1. The first-order chi connectivity index (χ1) is 7.47. The van der Waals surface area contributed by atoms with Gasteiger partial charge in [-0.05, 0) is 32.4 Å². The summed E-state index contributed by atoms with van der Waals surface area (Å²) in [7, 11) is 1.94. The van der Waals surface area contributed by atoms with E-state index in [4.69, 9.17) is 5.11 Å². The van der Waals surface area contributed by atoms with Gasteiger partial charge in [0.1, 0.15) is 0 Å². The smallest absolute Gasteiger partial charge is 0.337 e. The van der Waals surface area contributed by atoms with Gasteiger partial charge in [-0.1, -0.05) is 18.6 Å². The molecule has 0 spiro atoms. The molecule has 16 heavy (non-hydrogen) atoms. The number of aromatic carboxylic acids is 1. The molecule has 0 aromatic heterocycles. The van der Waals surface area contributed by atoms with Crippen LogP contribution in [-0.2, 0) is 0 Å². The fraction of sp³-hybridized carbons (Fsp3) is 0.462. The van der Waals surface area contributed by atoms with Crippen LogP contribution >= 0.6 is 0 Å². The zero-order valence-corrected chi connectivity index (χ0v) is 10.3. The SMILES string of the molecule is CCC(C)N(C)c1ccc(C)cc1C(=O)O. The van der Waals surface area contributed by atoms with Gasteiger partial charge in [0, 0.05) is 13.1 Å². The molecule has 3 nitrogen and oxygen atoms in total. The molecule has 1 atom stereocenters. The van der Waals surface area contributed by atoms with E-state index in [1.165, 1.54) is 0 Å². The third-order valence-corrected chi connectivity index (χ3v) is 3.01. The van der Waals surface area contributed by atoms with E-state index in [0.29, 0.717) is 11.6 Å². The lowest BCUT2D eigenvalue weighted by atomic mass is 10.1. The van der Waals surface area contributed by atoms with Crippen LogP contribution in [0.2, 0.25) is 0 Å². The van der Waals surface area contributed by atoms with Crippen molar-refractivity contribution in [3.05, 3.63) is 29.3 Å². The van der Waals surface area contributed by atoms with Crippen molar-refractivity contribution < 1.29 is 9.90 Å². The standard InChI is InChI=1S/C13H19NO2/c1-5-10(3)14(4)12-7-6-9(2)8-11(12)13(15)16/h6-8,10H,5H2,1-4H3,(H,15,16). The molecule has 0 aliphatic heterocycles. The molecular formula is C13H19NO2. The molecule has 1 unspecified atom stereocenters. The van der Waals surface area contributed by atoms with E-state index in [0.717, 1.165) is 17.7 Å². The second-order valence-corrected chi connectivity index (χ2v) is 4.19.